The van der Waals surface area contributed by atoms with Crippen LogP contribution < -0.4 is 48.1 Å². The van der Waals surface area contributed by atoms with Crippen molar-refractivity contribution in [3.8, 4) is 0 Å². The van der Waals surface area contributed by atoms with Gasteiger partial charge in [0.05, 0.1) is 25.1 Å². The maximum Gasteiger partial charge on any atom is 0.243 e. The van der Waals surface area contributed by atoms with E-state index in [9.17, 15) is 0 Å². The molecule has 0 saturated heterocycles. The number of halogens is 2. The van der Waals surface area contributed by atoms with Crippen LogP contribution in [0.2, 0.25) is 0 Å². The largest absolute Gasteiger partial charge is 1.00 e. The minimum atomic E-state index is 0. The van der Waals surface area contributed by atoms with Crippen molar-refractivity contribution in [1.29, 1.82) is 0 Å². The number of anilines is 1. The normalized spacial score (nSPS) is 11.0. The average Bonchev–Trinajstić information content (AvgIpc) is 3.69. The fraction of sp³-hybridized carbons (Fsp3) is 0.333. The fourth-order valence-corrected chi connectivity index (χ4v) is 5.13. The minimum Gasteiger partial charge on any atom is -1.00 e. The maximum atomic E-state index is 4.74. The van der Waals surface area contributed by atoms with E-state index in [2.05, 4.69) is 90.5 Å². The number of aryl methyl sites for hydroxylation is 4. The molecular weight excluding hydrogens is 654 g/mol. The van der Waals surface area contributed by atoms with Crippen molar-refractivity contribution in [1.82, 2.24) is 14.1 Å². The van der Waals surface area contributed by atoms with Gasteiger partial charge in [-0.1, -0.05) is 30.3 Å². The van der Waals surface area contributed by atoms with E-state index in [1.165, 1.54) is 43.0 Å². The van der Waals surface area contributed by atoms with Gasteiger partial charge in [-0.3, -0.25) is 5.01 Å². The molecule has 0 aliphatic heterocycles. The molecule has 7 nitrogen and oxygen atoms in total. The van der Waals surface area contributed by atoms with E-state index in [0.29, 0.717) is 0 Å². The van der Waals surface area contributed by atoms with Crippen LogP contribution in [0.25, 0.3) is 10.9 Å². The lowest BCUT2D eigenvalue weighted by molar-refractivity contribution is -0.697. The number of hydrogen-bond acceptors (Lipinski definition) is 3. The molecule has 5 aromatic rings. The topological polar surface area (TPSA) is 46.1 Å². The monoisotopic (exact) mass is 693 g/mol. The molecule has 42 heavy (non-hydrogen) atoms. The highest BCUT2D eigenvalue weighted by molar-refractivity contribution is 5.81. The first-order valence-corrected chi connectivity index (χ1v) is 14.5. The van der Waals surface area contributed by atoms with E-state index in [1.54, 1.807) is 0 Å². The Hall–Kier alpha value is -3.30. The van der Waals surface area contributed by atoms with Crippen molar-refractivity contribution >= 4 is 22.8 Å². The standard InChI is InChI=1S/C33H41N7.2BrH/c1-36(31-14-5-4-6-15-31)35-27-32-18-17-30-13-7-8-16-33(30)40(32)23-10-3-2-9-21-38-25-26-39(29-38)22-12-11-20-37-24-19-34-28-37;;/h4-8,13-19,24-29H,2-3,9-12,20-23H2,1H3;2*1H/q+2;;/p-2. The van der Waals surface area contributed by atoms with Gasteiger partial charge >= 0.3 is 0 Å². The first kappa shape index (κ1) is 33.2. The lowest BCUT2D eigenvalue weighted by atomic mass is 10.1. The number of imidazole rings is 2. The van der Waals surface area contributed by atoms with Gasteiger partial charge in [0.25, 0.3) is 0 Å². The number of pyridine rings is 1. The lowest BCUT2D eigenvalue weighted by Crippen LogP contribution is -3.00. The van der Waals surface area contributed by atoms with Gasteiger partial charge in [-0.15, -0.1) is 0 Å². The third-order valence-electron chi connectivity index (χ3n) is 7.40. The van der Waals surface area contributed by atoms with Crippen molar-refractivity contribution in [3.63, 3.8) is 0 Å². The first-order chi connectivity index (χ1) is 19.8. The Balaban J connectivity index is 0.00000242. The van der Waals surface area contributed by atoms with Gasteiger partial charge in [-0.05, 0) is 56.4 Å². The molecule has 0 aliphatic rings. The molecule has 0 saturated carbocycles. The summed E-state index contributed by atoms with van der Waals surface area (Å²) in [5.74, 6) is 0. The Bertz CT molecular complexity index is 1480. The predicted molar refractivity (Wildman–Crippen MR) is 161 cm³/mol. The van der Waals surface area contributed by atoms with Gasteiger partial charge in [-0.2, -0.15) is 9.67 Å². The molecule has 5 rings (SSSR count). The second kappa shape index (κ2) is 17.6. The number of benzene rings is 2. The van der Waals surface area contributed by atoms with Crippen LogP contribution in [0.3, 0.4) is 0 Å². The van der Waals surface area contributed by atoms with Crippen LogP contribution in [-0.2, 0) is 26.2 Å². The Morgan fingerprint density at radius 1 is 0.786 bits per heavy atom. The third-order valence-corrected chi connectivity index (χ3v) is 7.40. The molecule has 0 radical (unpaired) electrons. The number of hydrazone groups is 1. The minimum absolute atomic E-state index is 0. The zero-order valence-corrected chi connectivity index (χ0v) is 27.5. The molecule has 0 N–H and O–H groups in total. The molecule has 0 spiro atoms. The first-order valence-electron chi connectivity index (χ1n) is 14.5. The van der Waals surface area contributed by atoms with E-state index in [0.717, 1.165) is 44.0 Å². The number of unbranched alkanes of at least 4 members (excludes halogenated alkanes) is 4. The lowest BCUT2D eigenvalue weighted by Gasteiger charge is -2.12. The highest BCUT2D eigenvalue weighted by Gasteiger charge is 2.14. The van der Waals surface area contributed by atoms with E-state index in [1.807, 2.05) is 55.2 Å². The second-order valence-corrected chi connectivity index (χ2v) is 10.4. The summed E-state index contributed by atoms with van der Waals surface area (Å²) in [5, 5.41) is 7.92. The molecular formula is C33H41Br2N7. The van der Waals surface area contributed by atoms with Crippen molar-refractivity contribution in [2.45, 2.75) is 64.7 Å². The summed E-state index contributed by atoms with van der Waals surface area (Å²) < 4.78 is 9.20. The van der Waals surface area contributed by atoms with E-state index in [4.69, 9.17) is 5.10 Å². The Labute approximate surface area is 270 Å². The molecule has 0 bridgehead atoms. The van der Waals surface area contributed by atoms with Crippen molar-refractivity contribution in [2.75, 3.05) is 12.1 Å². The highest BCUT2D eigenvalue weighted by atomic mass is 79.9. The summed E-state index contributed by atoms with van der Waals surface area (Å²) in [7, 11) is 1.99. The molecule has 0 aliphatic carbocycles. The Morgan fingerprint density at radius 3 is 2.36 bits per heavy atom. The number of hydrogen-bond donors (Lipinski definition) is 0. The summed E-state index contributed by atoms with van der Waals surface area (Å²) in [6, 6.07) is 23.3. The number of aromatic nitrogens is 5. The molecule has 0 atom stereocenters. The Morgan fingerprint density at radius 2 is 1.52 bits per heavy atom. The van der Waals surface area contributed by atoms with E-state index < -0.39 is 0 Å². The van der Waals surface area contributed by atoms with Crippen molar-refractivity contribution in [2.24, 2.45) is 5.10 Å². The second-order valence-electron chi connectivity index (χ2n) is 10.4. The summed E-state index contributed by atoms with van der Waals surface area (Å²) in [4.78, 5) is 4.11. The fourth-order valence-electron chi connectivity index (χ4n) is 5.13. The molecule has 222 valence electrons. The zero-order chi connectivity index (χ0) is 27.4. The SMILES string of the molecule is CN(/N=C/c1ccc2ccccc2[n+]1CCCCCCn1cc[n+](CCCCn2ccnc2)c1)c1ccccc1.[Br-].[Br-]. The molecule has 2 aromatic carbocycles. The number of para-hydroxylation sites is 2. The third kappa shape index (κ3) is 9.63. The summed E-state index contributed by atoms with van der Waals surface area (Å²) in [5.41, 5.74) is 3.46. The zero-order valence-electron chi connectivity index (χ0n) is 24.3. The number of nitrogens with zero attached hydrogens (tertiary/aromatic N) is 7. The number of fused-ring (bicyclic) bond motifs is 1. The molecule has 3 aromatic heterocycles. The quantitative estimate of drug-likeness (QED) is 0.0651. The van der Waals surface area contributed by atoms with Crippen LogP contribution in [0.1, 0.15) is 44.2 Å². The van der Waals surface area contributed by atoms with E-state index >= 15 is 0 Å². The van der Waals surface area contributed by atoms with Gasteiger partial charge in [-0.25, -0.2) is 14.1 Å². The van der Waals surface area contributed by atoms with Crippen molar-refractivity contribution < 1.29 is 43.1 Å². The van der Waals surface area contributed by atoms with Crippen LogP contribution in [-0.4, -0.2) is 27.4 Å². The summed E-state index contributed by atoms with van der Waals surface area (Å²) in [6.07, 6.45) is 21.5. The summed E-state index contributed by atoms with van der Waals surface area (Å²) in [6.45, 7) is 4.17. The Kier molecular flexibility index (Phi) is 13.9. The van der Waals surface area contributed by atoms with Crippen molar-refractivity contribution in [3.05, 3.63) is 110 Å². The van der Waals surface area contributed by atoms with Gasteiger partial charge < -0.3 is 38.5 Å². The predicted octanol–water partition coefficient (Wildman–Crippen LogP) is -0.368. The van der Waals surface area contributed by atoms with Gasteiger partial charge in [0.1, 0.15) is 25.2 Å². The highest BCUT2D eigenvalue weighted by Crippen LogP contribution is 2.13. The smallest absolute Gasteiger partial charge is 0.243 e. The van der Waals surface area contributed by atoms with Crippen LogP contribution in [0.15, 0.2) is 109 Å². The summed E-state index contributed by atoms with van der Waals surface area (Å²) >= 11 is 0. The van der Waals surface area contributed by atoms with Crippen LogP contribution in [0.5, 0.6) is 0 Å². The maximum absolute atomic E-state index is 4.74. The van der Waals surface area contributed by atoms with Crippen LogP contribution >= 0.6 is 0 Å². The molecule has 3 heterocycles. The van der Waals surface area contributed by atoms with Gasteiger partial charge in [0.2, 0.25) is 17.5 Å². The van der Waals surface area contributed by atoms with E-state index in [-0.39, 0.29) is 34.0 Å². The van der Waals surface area contributed by atoms with Crippen LogP contribution in [0, 0.1) is 0 Å². The average molecular weight is 696 g/mol. The molecule has 0 amide bonds. The van der Waals surface area contributed by atoms with Gasteiger partial charge in [0.15, 0.2) is 0 Å². The van der Waals surface area contributed by atoms with Gasteiger partial charge in [0, 0.05) is 49.9 Å². The number of rotatable bonds is 15. The molecule has 0 unspecified atom stereocenters. The molecule has 9 heteroatoms. The molecule has 0 fully saturated rings. The van der Waals surface area contributed by atoms with Crippen LogP contribution in [0.4, 0.5) is 5.69 Å².